The highest BCUT2D eigenvalue weighted by molar-refractivity contribution is 4.69. The third-order valence-electron chi connectivity index (χ3n) is 2.38. The molecule has 0 radical (unpaired) electrons. The van der Waals surface area contributed by atoms with Crippen LogP contribution >= 0.6 is 0 Å². The van der Waals surface area contributed by atoms with Gasteiger partial charge in [-0.05, 0) is 41.5 Å². The Hall–Kier alpha value is -1.28. The SMILES string of the molecule is CCOC(C)OC(C)OC=COC=COC(C)OC(C)OCC. The predicted octanol–water partition coefficient (Wildman–Crippen LogP) is 3.47. The Morgan fingerprint density at radius 2 is 1.00 bits per heavy atom. The van der Waals surface area contributed by atoms with Gasteiger partial charge in [0.2, 0.25) is 0 Å². The molecule has 0 rings (SSSR count). The van der Waals surface area contributed by atoms with E-state index in [1.54, 1.807) is 27.7 Å². The zero-order chi connectivity index (χ0) is 17.5. The van der Waals surface area contributed by atoms with Crippen molar-refractivity contribution in [2.45, 2.75) is 66.7 Å². The molecule has 0 amide bonds. The van der Waals surface area contributed by atoms with Crippen molar-refractivity contribution < 1.29 is 33.2 Å². The van der Waals surface area contributed by atoms with E-state index in [-0.39, 0.29) is 12.6 Å². The average Bonchev–Trinajstić information content (AvgIpc) is 2.46. The first-order valence-corrected chi connectivity index (χ1v) is 7.80. The molecule has 7 nitrogen and oxygen atoms in total. The number of hydrogen-bond donors (Lipinski definition) is 0. The molecule has 0 heterocycles. The van der Waals surface area contributed by atoms with Crippen molar-refractivity contribution in [1.29, 1.82) is 0 Å². The minimum atomic E-state index is -0.440. The van der Waals surface area contributed by atoms with E-state index in [1.165, 1.54) is 25.0 Å². The summed E-state index contributed by atoms with van der Waals surface area (Å²) in [5.41, 5.74) is 0. The van der Waals surface area contributed by atoms with Crippen molar-refractivity contribution in [2.75, 3.05) is 13.2 Å². The summed E-state index contributed by atoms with van der Waals surface area (Å²) < 4.78 is 36.8. The lowest BCUT2D eigenvalue weighted by molar-refractivity contribution is -0.214. The fraction of sp³-hybridized carbons (Fsp3) is 0.750. The zero-order valence-corrected chi connectivity index (χ0v) is 14.9. The lowest BCUT2D eigenvalue weighted by Crippen LogP contribution is -2.20. The summed E-state index contributed by atoms with van der Waals surface area (Å²) >= 11 is 0. The summed E-state index contributed by atoms with van der Waals surface area (Å²) in [6.07, 6.45) is 3.96. The molecule has 0 N–H and O–H groups in total. The number of hydrogen-bond acceptors (Lipinski definition) is 7. The maximum absolute atomic E-state index is 5.38. The van der Waals surface area contributed by atoms with Crippen molar-refractivity contribution in [3.63, 3.8) is 0 Å². The zero-order valence-electron chi connectivity index (χ0n) is 14.9. The Morgan fingerprint density at radius 3 is 1.35 bits per heavy atom. The molecule has 23 heavy (non-hydrogen) atoms. The Bertz CT molecular complexity index is 290. The molecular weight excluding hydrogens is 304 g/mol. The highest BCUT2D eigenvalue weighted by atomic mass is 16.8. The van der Waals surface area contributed by atoms with E-state index in [2.05, 4.69) is 0 Å². The van der Waals surface area contributed by atoms with Gasteiger partial charge < -0.3 is 33.2 Å². The van der Waals surface area contributed by atoms with Crippen LogP contribution in [-0.4, -0.2) is 38.4 Å². The maximum Gasteiger partial charge on any atom is 0.198 e. The first kappa shape index (κ1) is 21.7. The Morgan fingerprint density at radius 1 is 0.609 bits per heavy atom. The van der Waals surface area contributed by atoms with Crippen LogP contribution in [-0.2, 0) is 33.2 Å². The first-order valence-electron chi connectivity index (χ1n) is 7.80. The summed E-state index contributed by atoms with van der Waals surface area (Å²) in [6.45, 7) is 12.1. The second-order valence-corrected chi connectivity index (χ2v) is 4.41. The van der Waals surface area contributed by atoms with Gasteiger partial charge in [-0.15, -0.1) is 0 Å². The van der Waals surface area contributed by atoms with Crippen LogP contribution in [0, 0.1) is 0 Å². The summed E-state index contributed by atoms with van der Waals surface area (Å²) in [7, 11) is 0. The smallest absolute Gasteiger partial charge is 0.198 e. The van der Waals surface area contributed by atoms with E-state index < -0.39 is 12.6 Å². The molecule has 0 spiro atoms. The molecule has 4 unspecified atom stereocenters. The molecule has 0 aliphatic carbocycles. The van der Waals surface area contributed by atoms with Crippen molar-refractivity contribution in [2.24, 2.45) is 0 Å². The van der Waals surface area contributed by atoms with Gasteiger partial charge in [0.25, 0.3) is 0 Å². The van der Waals surface area contributed by atoms with Crippen LogP contribution in [0.1, 0.15) is 41.5 Å². The summed E-state index contributed by atoms with van der Waals surface area (Å²) in [5, 5.41) is 0. The molecule has 7 heteroatoms. The Kier molecular flexibility index (Phi) is 13.5. The van der Waals surface area contributed by atoms with E-state index >= 15 is 0 Å². The largest absolute Gasteiger partial charge is 0.470 e. The van der Waals surface area contributed by atoms with E-state index in [9.17, 15) is 0 Å². The molecule has 0 aliphatic rings. The van der Waals surface area contributed by atoms with Gasteiger partial charge in [0.1, 0.15) is 25.0 Å². The second kappa shape index (κ2) is 14.3. The molecule has 0 bridgehead atoms. The Labute approximate surface area is 139 Å². The first-order chi connectivity index (χ1) is 11.0. The van der Waals surface area contributed by atoms with Gasteiger partial charge in [-0.1, -0.05) is 0 Å². The third-order valence-corrected chi connectivity index (χ3v) is 2.38. The van der Waals surface area contributed by atoms with Gasteiger partial charge in [-0.3, -0.25) is 0 Å². The molecular formula is C16H30O7. The van der Waals surface area contributed by atoms with Crippen LogP contribution < -0.4 is 0 Å². The molecule has 0 aromatic carbocycles. The van der Waals surface area contributed by atoms with Crippen LogP contribution in [0.25, 0.3) is 0 Å². The average molecular weight is 334 g/mol. The molecule has 0 aliphatic heterocycles. The third kappa shape index (κ3) is 14.1. The van der Waals surface area contributed by atoms with Crippen molar-refractivity contribution in [3.05, 3.63) is 25.0 Å². The topological polar surface area (TPSA) is 64.6 Å². The van der Waals surface area contributed by atoms with Crippen LogP contribution in [0.15, 0.2) is 25.0 Å². The van der Waals surface area contributed by atoms with Crippen molar-refractivity contribution in [1.82, 2.24) is 0 Å². The molecule has 136 valence electrons. The van der Waals surface area contributed by atoms with E-state index in [4.69, 9.17) is 33.2 Å². The van der Waals surface area contributed by atoms with Gasteiger partial charge in [0.15, 0.2) is 25.2 Å². The monoisotopic (exact) mass is 334 g/mol. The predicted molar refractivity (Wildman–Crippen MR) is 84.8 cm³/mol. The van der Waals surface area contributed by atoms with Gasteiger partial charge in [0.05, 0.1) is 0 Å². The number of ether oxygens (including phenoxy) is 7. The van der Waals surface area contributed by atoms with Gasteiger partial charge in [-0.25, -0.2) is 0 Å². The quantitative estimate of drug-likeness (QED) is 0.356. The van der Waals surface area contributed by atoms with Crippen molar-refractivity contribution in [3.8, 4) is 0 Å². The normalized spacial score (nSPS) is 17.1. The minimum absolute atomic E-state index is 0.321. The lowest BCUT2D eigenvalue weighted by atomic mass is 10.7. The molecule has 0 saturated carbocycles. The second-order valence-electron chi connectivity index (χ2n) is 4.41. The lowest BCUT2D eigenvalue weighted by Gasteiger charge is -2.18. The molecule has 0 aromatic rings. The van der Waals surface area contributed by atoms with E-state index in [0.717, 1.165) is 0 Å². The highest BCUT2D eigenvalue weighted by Crippen LogP contribution is 2.03. The fourth-order valence-electron chi connectivity index (χ4n) is 1.55. The highest BCUT2D eigenvalue weighted by Gasteiger charge is 2.07. The fourth-order valence-corrected chi connectivity index (χ4v) is 1.55. The Balaban J connectivity index is 3.72. The maximum atomic E-state index is 5.38. The molecule has 0 saturated heterocycles. The molecule has 4 atom stereocenters. The summed E-state index contributed by atoms with van der Waals surface area (Å²) in [5.74, 6) is 0. The summed E-state index contributed by atoms with van der Waals surface area (Å²) in [6, 6.07) is 0. The summed E-state index contributed by atoms with van der Waals surface area (Å²) in [4.78, 5) is 0. The number of rotatable bonds is 14. The van der Waals surface area contributed by atoms with Gasteiger partial charge in [-0.2, -0.15) is 0 Å². The van der Waals surface area contributed by atoms with Crippen LogP contribution in [0.2, 0.25) is 0 Å². The van der Waals surface area contributed by atoms with Crippen LogP contribution in [0.4, 0.5) is 0 Å². The standard InChI is InChI=1S/C16H30O7/c1-7-18-13(3)22-15(5)20-11-9-17-10-12-21-16(6)23-14(4)19-8-2/h9-16H,7-8H2,1-6H3. The van der Waals surface area contributed by atoms with Crippen LogP contribution in [0.5, 0.6) is 0 Å². The van der Waals surface area contributed by atoms with Gasteiger partial charge in [0, 0.05) is 13.2 Å². The van der Waals surface area contributed by atoms with E-state index in [1.807, 2.05) is 13.8 Å². The van der Waals surface area contributed by atoms with Crippen LogP contribution in [0.3, 0.4) is 0 Å². The molecule has 0 fully saturated rings. The van der Waals surface area contributed by atoms with Gasteiger partial charge >= 0.3 is 0 Å². The minimum Gasteiger partial charge on any atom is -0.470 e. The molecule has 0 aromatic heterocycles. The van der Waals surface area contributed by atoms with Crippen molar-refractivity contribution >= 4 is 0 Å². The van der Waals surface area contributed by atoms with E-state index in [0.29, 0.717) is 13.2 Å².